The minimum atomic E-state index is 0.0672. The van der Waals surface area contributed by atoms with Crippen LogP contribution in [0.3, 0.4) is 0 Å². The normalized spacial score (nSPS) is 22.6. The van der Waals surface area contributed by atoms with E-state index in [1.54, 1.807) is 0 Å². The lowest BCUT2D eigenvalue weighted by Gasteiger charge is -2.34. The molecule has 1 aromatic rings. The fourth-order valence-electron chi connectivity index (χ4n) is 2.74. The van der Waals surface area contributed by atoms with E-state index >= 15 is 0 Å². The molecular formula is C14H21ClN4. The van der Waals surface area contributed by atoms with Crippen molar-refractivity contribution < 1.29 is 0 Å². The number of nitrogens with zero attached hydrogens (tertiary/aromatic N) is 3. The van der Waals surface area contributed by atoms with Gasteiger partial charge in [-0.3, -0.25) is 4.98 Å². The van der Waals surface area contributed by atoms with Gasteiger partial charge in [-0.2, -0.15) is 0 Å². The van der Waals surface area contributed by atoms with Crippen LogP contribution in [0.4, 0.5) is 5.69 Å². The second kappa shape index (κ2) is 4.93. The summed E-state index contributed by atoms with van der Waals surface area (Å²) in [6.45, 7) is 4.90. The van der Waals surface area contributed by atoms with Crippen LogP contribution in [0.5, 0.6) is 0 Å². The Labute approximate surface area is 119 Å². The molecule has 0 unspecified atom stereocenters. The molecule has 0 atom stereocenters. The Hall–Kier alpha value is -0.840. The summed E-state index contributed by atoms with van der Waals surface area (Å²) >= 11 is 6.43. The number of pyridine rings is 1. The molecule has 1 aliphatic heterocycles. The predicted molar refractivity (Wildman–Crippen MR) is 78.9 cm³/mol. The van der Waals surface area contributed by atoms with E-state index in [2.05, 4.69) is 27.9 Å². The predicted octanol–water partition coefficient (Wildman–Crippen LogP) is 1.48. The molecule has 1 saturated carbocycles. The van der Waals surface area contributed by atoms with Crippen LogP contribution >= 0.6 is 11.6 Å². The summed E-state index contributed by atoms with van der Waals surface area (Å²) in [7, 11) is 2.16. The summed E-state index contributed by atoms with van der Waals surface area (Å²) in [4.78, 5) is 9.30. The highest BCUT2D eigenvalue weighted by Crippen LogP contribution is 2.48. The topological polar surface area (TPSA) is 45.4 Å². The summed E-state index contributed by atoms with van der Waals surface area (Å²) in [5.74, 6) is 0. The van der Waals surface area contributed by atoms with Crippen LogP contribution in [0.1, 0.15) is 18.5 Å². The Morgan fingerprint density at radius 1 is 1.32 bits per heavy atom. The van der Waals surface area contributed by atoms with E-state index in [1.807, 2.05) is 6.20 Å². The number of piperazine rings is 1. The van der Waals surface area contributed by atoms with Crippen molar-refractivity contribution >= 4 is 17.3 Å². The molecule has 104 valence electrons. The second-order valence-electron chi connectivity index (χ2n) is 5.80. The Bertz CT molecular complexity index is 465. The zero-order valence-corrected chi connectivity index (χ0v) is 12.2. The first kappa shape index (κ1) is 13.2. The lowest BCUT2D eigenvalue weighted by Crippen LogP contribution is -2.44. The molecule has 2 fully saturated rings. The van der Waals surface area contributed by atoms with Gasteiger partial charge >= 0.3 is 0 Å². The zero-order chi connectivity index (χ0) is 13.5. The van der Waals surface area contributed by atoms with Crippen molar-refractivity contribution in [3.05, 3.63) is 23.0 Å². The molecular weight excluding hydrogens is 260 g/mol. The van der Waals surface area contributed by atoms with Gasteiger partial charge in [0.25, 0.3) is 0 Å². The van der Waals surface area contributed by atoms with Gasteiger partial charge < -0.3 is 15.5 Å². The van der Waals surface area contributed by atoms with E-state index in [0.717, 1.165) is 55.4 Å². The van der Waals surface area contributed by atoms with Gasteiger partial charge in [0.15, 0.2) is 0 Å². The molecule has 5 heteroatoms. The molecule has 0 amide bonds. The van der Waals surface area contributed by atoms with Gasteiger partial charge in [-0.15, -0.1) is 0 Å². The van der Waals surface area contributed by atoms with E-state index in [9.17, 15) is 0 Å². The summed E-state index contributed by atoms with van der Waals surface area (Å²) in [6, 6.07) is 2.06. The van der Waals surface area contributed by atoms with Crippen LogP contribution in [-0.4, -0.2) is 49.7 Å². The number of anilines is 1. The highest BCUT2D eigenvalue weighted by atomic mass is 35.5. The van der Waals surface area contributed by atoms with E-state index < -0.39 is 0 Å². The second-order valence-corrected chi connectivity index (χ2v) is 6.21. The lowest BCUT2D eigenvalue weighted by molar-refractivity contribution is 0.313. The number of halogens is 1. The first-order valence-electron chi connectivity index (χ1n) is 6.94. The third-order valence-corrected chi connectivity index (χ3v) is 4.73. The highest BCUT2D eigenvalue weighted by Gasteiger charge is 2.45. The molecule has 1 aliphatic carbocycles. The van der Waals surface area contributed by atoms with Crippen molar-refractivity contribution in [1.82, 2.24) is 9.88 Å². The van der Waals surface area contributed by atoms with Crippen molar-refractivity contribution in [1.29, 1.82) is 0 Å². The van der Waals surface area contributed by atoms with Crippen molar-refractivity contribution in [2.75, 3.05) is 44.7 Å². The smallest absolute Gasteiger partial charge is 0.0665 e. The highest BCUT2D eigenvalue weighted by molar-refractivity contribution is 6.31. The number of likely N-dealkylation sites (N-methyl/N-ethyl adjacent to an activating group) is 1. The molecule has 19 heavy (non-hydrogen) atoms. The van der Waals surface area contributed by atoms with Crippen LogP contribution in [0.25, 0.3) is 0 Å². The van der Waals surface area contributed by atoms with Gasteiger partial charge in [-0.05, 0) is 26.0 Å². The van der Waals surface area contributed by atoms with Gasteiger partial charge in [0, 0.05) is 38.1 Å². The van der Waals surface area contributed by atoms with Gasteiger partial charge in [0.2, 0.25) is 0 Å². The zero-order valence-electron chi connectivity index (χ0n) is 11.4. The summed E-state index contributed by atoms with van der Waals surface area (Å²) in [5.41, 5.74) is 8.05. The minimum absolute atomic E-state index is 0.0672. The fourth-order valence-corrected chi connectivity index (χ4v) is 3.11. The van der Waals surface area contributed by atoms with E-state index in [1.165, 1.54) is 0 Å². The maximum Gasteiger partial charge on any atom is 0.0665 e. The Morgan fingerprint density at radius 3 is 2.53 bits per heavy atom. The van der Waals surface area contributed by atoms with E-state index in [4.69, 9.17) is 17.3 Å². The van der Waals surface area contributed by atoms with Crippen LogP contribution in [0, 0.1) is 0 Å². The number of hydrogen-bond donors (Lipinski definition) is 1. The molecule has 0 radical (unpaired) electrons. The van der Waals surface area contributed by atoms with Crippen LogP contribution < -0.4 is 10.6 Å². The molecule has 1 aromatic heterocycles. The molecule has 0 aromatic carbocycles. The SMILES string of the molecule is CN1CCN(c2cnc(C3(CN)CC3)c(Cl)c2)CC1. The summed E-state index contributed by atoms with van der Waals surface area (Å²) in [5, 5.41) is 0.777. The fraction of sp³-hybridized carbons (Fsp3) is 0.643. The van der Waals surface area contributed by atoms with Crippen molar-refractivity contribution in [2.24, 2.45) is 5.73 Å². The van der Waals surface area contributed by atoms with Crippen molar-refractivity contribution in [2.45, 2.75) is 18.3 Å². The van der Waals surface area contributed by atoms with Crippen LogP contribution in [-0.2, 0) is 5.41 Å². The average molecular weight is 281 g/mol. The largest absolute Gasteiger partial charge is 0.368 e. The van der Waals surface area contributed by atoms with Gasteiger partial charge in [0.1, 0.15) is 0 Å². The molecule has 4 nitrogen and oxygen atoms in total. The minimum Gasteiger partial charge on any atom is -0.368 e. The first-order chi connectivity index (χ1) is 9.14. The lowest BCUT2D eigenvalue weighted by atomic mass is 10.0. The van der Waals surface area contributed by atoms with Gasteiger partial charge in [0.05, 0.1) is 22.6 Å². The quantitative estimate of drug-likeness (QED) is 0.911. The van der Waals surface area contributed by atoms with Crippen molar-refractivity contribution in [3.8, 4) is 0 Å². The maximum absolute atomic E-state index is 6.43. The Kier molecular flexibility index (Phi) is 3.41. The third-order valence-electron chi connectivity index (χ3n) is 4.44. The van der Waals surface area contributed by atoms with E-state index in [-0.39, 0.29) is 5.41 Å². The standard InChI is InChI=1S/C14H21ClN4/c1-18-4-6-19(7-5-18)11-8-12(15)13(17-9-11)14(10-16)2-3-14/h8-9H,2-7,10,16H2,1H3. The van der Waals surface area contributed by atoms with E-state index in [0.29, 0.717) is 6.54 Å². The van der Waals surface area contributed by atoms with Crippen LogP contribution in [0.15, 0.2) is 12.3 Å². The van der Waals surface area contributed by atoms with Gasteiger partial charge in [-0.25, -0.2) is 0 Å². The number of nitrogens with two attached hydrogens (primary N) is 1. The molecule has 1 saturated heterocycles. The monoisotopic (exact) mass is 280 g/mol. The maximum atomic E-state index is 6.43. The molecule has 2 N–H and O–H groups in total. The first-order valence-corrected chi connectivity index (χ1v) is 7.32. The molecule has 2 heterocycles. The van der Waals surface area contributed by atoms with Crippen molar-refractivity contribution in [3.63, 3.8) is 0 Å². The Morgan fingerprint density at radius 2 is 2.00 bits per heavy atom. The average Bonchev–Trinajstić information content (AvgIpc) is 3.20. The molecule has 0 spiro atoms. The van der Waals surface area contributed by atoms with Gasteiger partial charge in [-0.1, -0.05) is 11.6 Å². The molecule has 3 rings (SSSR count). The summed E-state index contributed by atoms with van der Waals surface area (Å²) in [6.07, 6.45) is 4.19. The molecule has 0 bridgehead atoms. The Balaban J connectivity index is 1.80. The number of hydrogen-bond acceptors (Lipinski definition) is 4. The summed E-state index contributed by atoms with van der Waals surface area (Å²) < 4.78 is 0. The number of rotatable bonds is 3. The third kappa shape index (κ3) is 2.45. The molecule has 2 aliphatic rings. The van der Waals surface area contributed by atoms with Crippen LogP contribution in [0.2, 0.25) is 5.02 Å². The number of aromatic nitrogens is 1.